The van der Waals surface area contributed by atoms with Crippen LogP contribution in [0.2, 0.25) is 0 Å². The van der Waals surface area contributed by atoms with Gasteiger partial charge in [-0.05, 0) is 18.6 Å². The molecule has 0 aliphatic heterocycles. The van der Waals surface area contributed by atoms with Gasteiger partial charge in [-0.25, -0.2) is 0 Å². The smallest absolute Gasteiger partial charge is 0.102 e. The number of nitrogens with zero attached hydrogens (tertiary/aromatic N) is 5. The molecule has 6 nitrogen and oxygen atoms in total. The third-order valence-corrected chi connectivity index (χ3v) is 3.23. The molecule has 0 saturated heterocycles. The summed E-state index contributed by atoms with van der Waals surface area (Å²) < 4.78 is 1.82. The second-order valence-electron chi connectivity index (χ2n) is 4.83. The molecule has 0 amide bonds. The molecular weight excluding hydrogens is 264 g/mol. The highest BCUT2D eigenvalue weighted by molar-refractivity contribution is 5.46. The predicted molar refractivity (Wildman–Crippen MR) is 81.3 cm³/mol. The molecule has 1 aromatic carbocycles. The molecule has 2 heterocycles. The van der Waals surface area contributed by atoms with Crippen molar-refractivity contribution in [1.29, 1.82) is 0 Å². The Kier molecular flexibility index (Phi) is 3.68. The molecule has 2 aromatic heterocycles. The first-order chi connectivity index (χ1) is 10.3. The fraction of sp³-hybridized carbons (Fsp3) is 0.267. The van der Waals surface area contributed by atoms with Crippen molar-refractivity contribution in [1.82, 2.24) is 24.8 Å². The van der Waals surface area contributed by atoms with E-state index in [1.807, 2.05) is 48.3 Å². The van der Waals surface area contributed by atoms with Gasteiger partial charge >= 0.3 is 0 Å². The number of hydrogen-bond donors (Lipinski definition) is 1. The topological polar surface area (TPSA) is 60.6 Å². The highest BCUT2D eigenvalue weighted by Crippen LogP contribution is 2.14. The minimum Gasteiger partial charge on any atom is -0.376 e. The number of aryl methyl sites for hydroxylation is 2. The maximum Gasteiger partial charge on any atom is 0.102 e. The van der Waals surface area contributed by atoms with Crippen molar-refractivity contribution in [3.05, 3.63) is 54.1 Å². The lowest BCUT2D eigenvalue weighted by Crippen LogP contribution is -2.03. The van der Waals surface area contributed by atoms with Gasteiger partial charge in [-0.2, -0.15) is 20.1 Å². The zero-order chi connectivity index (χ0) is 14.7. The number of anilines is 1. The van der Waals surface area contributed by atoms with Gasteiger partial charge in [-0.1, -0.05) is 25.1 Å². The Morgan fingerprint density at radius 3 is 2.71 bits per heavy atom. The van der Waals surface area contributed by atoms with Crippen LogP contribution in [0.25, 0.3) is 5.69 Å². The summed E-state index contributed by atoms with van der Waals surface area (Å²) >= 11 is 0. The zero-order valence-corrected chi connectivity index (χ0v) is 12.2. The molecule has 21 heavy (non-hydrogen) atoms. The average molecular weight is 282 g/mol. The number of hydrogen-bond acceptors (Lipinski definition) is 4. The fourth-order valence-electron chi connectivity index (χ4n) is 2.19. The monoisotopic (exact) mass is 282 g/mol. The van der Waals surface area contributed by atoms with Gasteiger partial charge in [0.15, 0.2) is 0 Å². The van der Waals surface area contributed by atoms with Crippen molar-refractivity contribution >= 4 is 5.69 Å². The summed E-state index contributed by atoms with van der Waals surface area (Å²) in [5, 5.41) is 16.5. The summed E-state index contributed by atoms with van der Waals surface area (Å²) in [6.07, 6.45) is 4.67. The van der Waals surface area contributed by atoms with Crippen molar-refractivity contribution in [3.8, 4) is 5.69 Å². The Bertz CT molecular complexity index is 713. The third kappa shape index (κ3) is 2.94. The minimum absolute atomic E-state index is 0.630. The molecule has 0 bridgehead atoms. The molecule has 0 spiro atoms. The first-order valence-electron chi connectivity index (χ1n) is 6.99. The molecule has 0 radical (unpaired) electrons. The highest BCUT2D eigenvalue weighted by Gasteiger charge is 2.07. The second-order valence-corrected chi connectivity index (χ2v) is 4.83. The third-order valence-electron chi connectivity index (χ3n) is 3.23. The molecule has 6 heteroatoms. The lowest BCUT2D eigenvalue weighted by atomic mass is 10.3. The second kappa shape index (κ2) is 5.78. The summed E-state index contributed by atoms with van der Waals surface area (Å²) in [6, 6.07) is 9.88. The van der Waals surface area contributed by atoms with E-state index in [0.717, 1.165) is 29.2 Å². The van der Waals surface area contributed by atoms with Crippen LogP contribution in [0.5, 0.6) is 0 Å². The summed E-state index contributed by atoms with van der Waals surface area (Å²) in [5.41, 5.74) is 3.96. The normalized spacial score (nSPS) is 10.8. The van der Waals surface area contributed by atoms with E-state index in [4.69, 9.17) is 0 Å². The van der Waals surface area contributed by atoms with Gasteiger partial charge in [0.25, 0.3) is 0 Å². The van der Waals surface area contributed by atoms with Crippen molar-refractivity contribution in [3.63, 3.8) is 0 Å². The van der Waals surface area contributed by atoms with Crippen LogP contribution in [0.4, 0.5) is 5.69 Å². The number of nitrogens with one attached hydrogen (secondary N) is 1. The molecule has 0 unspecified atom stereocenters. The molecule has 3 rings (SSSR count). The van der Waals surface area contributed by atoms with Crippen molar-refractivity contribution in [2.24, 2.45) is 7.05 Å². The highest BCUT2D eigenvalue weighted by atomic mass is 15.5. The summed E-state index contributed by atoms with van der Waals surface area (Å²) in [5.74, 6) is 0. The van der Waals surface area contributed by atoms with Crippen LogP contribution < -0.4 is 5.32 Å². The van der Waals surface area contributed by atoms with Crippen LogP contribution in [-0.2, 0) is 20.0 Å². The molecule has 0 aliphatic rings. The maximum absolute atomic E-state index is 4.47. The Balaban J connectivity index is 1.70. The van der Waals surface area contributed by atoms with E-state index in [2.05, 4.69) is 27.5 Å². The summed E-state index contributed by atoms with van der Waals surface area (Å²) in [4.78, 5) is 1.64. The first-order valence-corrected chi connectivity index (χ1v) is 6.99. The quantitative estimate of drug-likeness (QED) is 0.779. The van der Waals surface area contributed by atoms with Gasteiger partial charge in [0.2, 0.25) is 0 Å². The number of benzene rings is 1. The summed E-state index contributed by atoms with van der Waals surface area (Å²) in [6.45, 7) is 2.73. The molecule has 0 atom stereocenters. The Labute approximate surface area is 123 Å². The largest absolute Gasteiger partial charge is 0.376 e. The lowest BCUT2D eigenvalue weighted by Gasteiger charge is -2.02. The van der Waals surface area contributed by atoms with Crippen LogP contribution in [0, 0.1) is 0 Å². The molecule has 0 fully saturated rings. The molecule has 3 aromatic rings. The Morgan fingerprint density at radius 2 is 1.95 bits per heavy atom. The van der Waals surface area contributed by atoms with Crippen LogP contribution in [0.3, 0.4) is 0 Å². The van der Waals surface area contributed by atoms with Crippen LogP contribution in [0.1, 0.15) is 18.3 Å². The van der Waals surface area contributed by atoms with E-state index < -0.39 is 0 Å². The van der Waals surface area contributed by atoms with Gasteiger partial charge in [0.1, 0.15) is 5.69 Å². The van der Waals surface area contributed by atoms with Gasteiger partial charge in [0, 0.05) is 13.2 Å². The molecule has 1 N–H and O–H groups in total. The predicted octanol–water partition coefficient (Wildman–Crippen LogP) is 2.18. The van der Waals surface area contributed by atoms with Crippen molar-refractivity contribution in [2.45, 2.75) is 19.9 Å². The summed E-state index contributed by atoms with van der Waals surface area (Å²) in [7, 11) is 1.93. The Hall–Kier alpha value is -2.63. The molecule has 0 saturated carbocycles. The number of para-hydroxylation sites is 1. The standard InChI is InChI=1S/C15H18N6/c1-3-14-15(11-20(2)19-14)16-9-12-10-17-21(18-12)13-7-5-4-6-8-13/h4-8,10-11,16H,3,9H2,1-2H3. The van der Waals surface area contributed by atoms with Gasteiger partial charge in [0.05, 0.1) is 29.8 Å². The molecule has 108 valence electrons. The van der Waals surface area contributed by atoms with Crippen molar-refractivity contribution < 1.29 is 0 Å². The molecule has 0 aliphatic carbocycles. The van der Waals surface area contributed by atoms with E-state index in [-0.39, 0.29) is 0 Å². The van der Waals surface area contributed by atoms with Crippen molar-refractivity contribution in [2.75, 3.05) is 5.32 Å². The van der Waals surface area contributed by atoms with Gasteiger partial charge < -0.3 is 5.32 Å². The van der Waals surface area contributed by atoms with E-state index in [0.29, 0.717) is 6.54 Å². The van der Waals surface area contributed by atoms with E-state index >= 15 is 0 Å². The van der Waals surface area contributed by atoms with E-state index in [9.17, 15) is 0 Å². The maximum atomic E-state index is 4.47. The minimum atomic E-state index is 0.630. The Morgan fingerprint density at radius 1 is 1.14 bits per heavy atom. The number of aromatic nitrogens is 5. The van der Waals surface area contributed by atoms with Gasteiger partial charge in [-0.15, -0.1) is 0 Å². The SMILES string of the molecule is CCc1nn(C)cc1NCc1cnn(-c2ccccc2)n1. The average Bonchev–Trinajstić information content (AvgIpc) is 3.12. The van der Waals surface area contributed by atoms with Gasteiger partial charge in [-0.3, -0.25) is 4.68 Å². The molecular formula is C15H18N6. The van der Waals surface area contributed by atoms with Crippen LogP contribution >= 0.6 is 0 Å². The number of rotatable bonds is 5. The van der Waals surface area contributed by atoms with Crippen LogP contribution in [0.15, 0.2) is 42.7 Å². The van der Waals surface area contributed by atoms with E-state index in [1.54, 1.807) is 11.0 Å². The van der Waals surface area contributed by atoms with E-state index in [1.165, 1.54) is 0 Å². The lowest BCUT2D eigenvalue weighted by molar-refractivity contribution is 0.740. The first kappa shape index (κ1) is 13.4. The fourth-order valence-corrected chi connectivity index (χ4v) is 2.19. The zero-order valence-electron chi connectivity index (χ0n) is 12.2. The van der Waals surface area contributed by atoms with Crippen LogP contribution in [-0.4, -0.2) is 24.8 Å².